The average molecular weight is 275 g/mol. The van der Waals surface area contributed by atoms with E-state index in [4.69, 9.17) is 0 Å². The van der Waals surface area contributed by atoms with Gasteiger partial charge in [0.2, 0.25) is 0 Å². The van der Waals surface area contributed by atoms with E-state index in [-0.39, 0.29) is 12.1 Å². The third-order valence-corrected chi connectivity index (χ3v) is 5.02. The minimum atomic E-state index is -0.131. The third-order valence-electron chi connectivity index (χ3n) is 5.02. The van der Waals surface area contributed by atoms with Crippen LogP contribution in [0.25, 0.3) is 0 Å². The molecule has 0 radical (unpaired) electrons. The topological polar surface area (TPSA) is 32.3 Å². The van der Waals surface area contributed by atoms with Crippen molar-refractivity contribution in [3.63, 3.8) is 0 Å². The Morgan fingerprint density at radius 2 is 1.80 bits per heavy atom. The Morgan fingerprint density at radius 3 is 2.30 bits per heavy atom. The molecule has 2 heteroatoms. The van der Waals surface area contributed by atoms with Crippen molar-refractivity contribution >= 4 is 5.69 Å². The molecule has 2 rings (SSSR count). The SMILES string of the molecule is Cc1ccccc1NC1(CO)CCC(C(C)(C)C)CC1. The van der Waals surface area contributed by atoms with Gasteiger partial charge in [0.25, 0.3) is 0 Å². The van der Waals surface area contributed by atoms with Gasteiger partial charge in [0.1, 0.15) is 0 Å². The molecule has 0 amide bonds. The normalized spacial score (nSPS) is 27.4. The summed E-state index contributed by atoms with van der Waals surface area (Å²) >= 11 is 0. The fraction of sp³-hybridized carbons (Fsp3) is 0.667. The Labute approximate surface area is 123 Å². The second-order valence-corrected chi connectivity index (χ2v) is 7.52. The van der Waals surface area contributed by atoms with Gasteiger partial charge in [-0.1, -0.05) is 39.0 Å². The first-order valence-electron chi connectivity index (χ1n) is 7.81. The summed E-state index contributed by atoms with van der Waals surface area (Å²) in [5.41, 5.74) is 2.66. The highest BCUT2D eigenvalue weighted by molar-refractivity contribution is 5.52. The summed E-state index contributed by atoms with van der Waals surface area (Å²) in [4.78, 5) is 0. The molecular weight excluding hydrogens is 246 g/mol. The third kappa shape index (κ3) is 3.35. The number of benzene rings is 1. The second-order valence-electron chi connectivity index (χ2n) is 7.52. The standard InChI is InChI=1S/C18H29NO/c1-14-7-5-6-8-16(14)19-18(13-20)11-9-15(10-12-18)17(2,3)4/h5-8,15,19-20H,9-13H2,1-4H3. The summed E-state index contributed by atoms with van der Waals surface area (Å²) < 4.78 is 0. The number of para-hydroxylation sites is 1. The van der Waals surface area contributed by atoms with Crippen LogP contribution in [-0.4, -0.2) is 17.3 Å². The molecule has 1 aliphatic rings. The molecule has 0 aromatic heterocycles. The highest BCUT2D eigenvalue weighted by Crippen LogP contribution is 2.42. The zero-order chi connectivity index (χ0) is 14.8. The molecule has 2 nitrogen and oxygen atoms in total. The molecule has 112 valence electrons. The van der Waals surface area contributed by atoms with Gasteiger partial charge in [-0.15, -0.1) is 0 Å². The van der Waals surface area contributed by atoms with Crippen molar-refractivity contribution in [2.45, 2.75) is 58.9 Å². The van der Waals surface area contributed by atoms with Crippen LogP contribution in [0.2, 0.25) is 0 Å². The van der Waals surface area contributed by atoms with E-state index in [0.717, 1.165) is 24.4 Å². The maximum atomic E-state index is 9.92. The van der Waals surface area contributed by atoms with Crippen LogP contribution < -0.4 is 5.32 Å². The maximum absolute atomic E-state index is 9.92. The van der Waals surface area contributed by atoms with E-state index in [2.05, 4.69) is 57.3 Å². The number of aryl methyl sites for hydroxylation is 1. The molecule has 0 unspecified atom stereocenters. The molecule has 0 saturated heterocycles. The summed E-state index contributed by atoms with van der Waals surface area (Å²) in [6.45, 7) is 9.33. The second kappa shape index (κ2) is 5.77. The summed E-state index contributed by atoms with van der Waals surface area (Å²) in [5, 5.41) is 13.6. The zero-order valence-electron chi connectivity index (χ0n) is 13.4. The van der Waals surface area contributed by atoms with Crippen molar-refractivity contribution < 1.29 is 5.11 Å². The molecule has 0 atom stereocenters. The number of aliphatic hydroxyl groups is 1. The molecule has 1 saturated carbocycles. The molecule has 2 N–H and O–H groups in total. The van der Waals surface area contributed by atoms with Gasteiger partial charge < -0.3 is 10.4 Å². The molecule has 1 fully saturated rings. The van der Waals surface area contributed by atoms with E-state index in [1.807, 2.05) is 0 Å². The predicted molar refractivity (Wildman–Crippen MR) is 86.0 cm³/mol. The molecule has 0 aliphatic heterocycles. The van der Waals surface area contributed by atoms with Crippen molar-refractivity contribution in [3.05, 3.63) is 29.8 Å². The number of hydrogen-bond acceptors (Lipinski definition) is 2. The summed E-state index contributed by atoms with van der Waals surface area (Å²) in [6.07, 6.45) is 4.51. The van der Waals surface area contributed by atoms with Crippen molar-refractivity contribution in [3.8, 4) is 0 Å². The molecule has 1 aromatic rings. The van der Waals surface area contributed by atoms with Gasteiger partial charge in [0.05, 0.1) is 12.1 Å². The van der Waals surface area contributed by atoms with Gasteiger partial charge in [-0.05, 0) is 55.6 Å². The Hall–Kier alpha value is -1.02. The van der Waals surface area contributed by atoms with Crippen molar-refractivity contribution in [1.29, 1.82) is 0 Å². The van der Waals surface area contributed by atoms with Crippen LogP contribution in [-0.2, 0) is 0 Å². The number of aliphatic hydroxyl groups excluding tert-OH is 1. The van der Waals surface area contributed by atoms with E-state index in [1.54, 1.807) is 0 Å². The van der Waals surface area contributed by atoms with Crippen LogP contribution in [0.15, 0.2) is 24.3 Å². The van der Waals surface area contributed by atoms with Crippen LogP contribution in [0.1, 0.15) is 52.0 Å². The van der Waals surface area contributed by atoms with E-state index in [0.29, 0.717) is 5.41 Å². The van der Waals surface area contributed by atoms with E-state index in [1.165, 1.54) is 18.4 Å². The van der Waals surface area contributed by atoms with Gasteiger partial charge in [-0.25, -0.2) is 0 Å². The largest absolute Gasteiger partial charge is 0.394 e. The molecule has 0 spiro atoms. The van der Waals surface area contributed by atoms with E-state index in [9.17, 15) is 5.11 Å². The number of nitrogens with one attached hydrogen (secondary N) is 1. The number of hydrogen-bond donors (Lipinski definition) is 2. The van der Waals surface area contributed by atoms with Crippen LogP contribution in [0.3, 0.4) is 0 Å². The molecule has 0 bridgehead atoms. The Bertz CT molecular complexity index is 439. The lowest BCUT2D eigenvalue weighted by molar-refractivity contribution is 0.104. The Balaban J connectivity index is 2.08. The molecule has 20 heavy (non-hydrogen) atoms. The first kappa shape index (κ1) is 15.4. The van der Waals surface area contributed by atoms with Gasteiger partial charge in [0, 0.05) is 5.69 Å². The minimum Gasteiger partial charge on any atom is -0.394 e. The fourth-order valence-electron chi connectivity index (χ4n) is 3.36. The summed E-state index contributed by atoms with van der Waals surface area (Å²) in [7, 11) is 0. The first-order valence-corrected chi connectivity index (χ1v) is 7.81. The first-order chi connectivity index (χ1) is 9.36. The quantitative estimate of drug-likeness (QED) is 0.858. The van der Waals surface area contributed by atoms with Crippen molar-refractivity contribution in [1.82, 2.24) is 0 Å². The Morgan fingerprint density at radius 1 is 1.20 bits per heavy atom. The van der Waals surface area contributed by atoms with Gasteiger partial charge >= 0.3 is 0 Å². The van der Waals surface area contributed by atoms with Gasteiger partial charge in [-0.3, -0.25) is 0 Å². The lowest BCUT2D eigenvalue weighted by Crippen LogP contribution is -2.46. The zero-order valence-corrected chi connectivity index (χ0v) is 13.4. The number of anilines is 1. The highest BCUT2D eigenvalue weighted by Gasteiger charge is 2.38. The van der Waals surface area contributed by atoms with E-state index >= 15 is 0 Å². The molecule has 1 aliphatic carbocycles. The molecular formula is C18H29NO. The van der Waals surface area contributed by atoms with E-state index < -0.39 is 0 Å². The Kier molecular flexibility index (Phi) is 4.43. The van der Waals surface area contributed by atoms with Crippen molar-refractivity contribution in [2.24, 2.45) is 11.3 Å². The highest BCUT2D eigenvalue weighted by atomic mass is 16.3. The average Bonchev–Trinajstić information content (AvgIpc) is 2.41. The van der Waals surface area contributed by atoms with Gasteiger partial charge in [0.15, 0.2) is 0 Å². The van der Waals surface area contributed by atoms with Crippen LogP contribution >= 0.6 is 0 Å². The fourth-order valence-corrected chi connectivity index (χ4v) is 3.36. The van der Waals surface area contributed by atoms with Crippen LogP contribution in [0.4, 0.5) is 5.69 Å². The lowest BCUT2D eigenvalue weighted by atomic mass is 9.67. The smallest absolute Gasteiger partial charge is 0.0661 e. The summed E-state index contributed by atoms with van der Waals surface area (Å²) in [6, 6.07) is 8.35. The summed E-state index contributed by atoms with van der Waals surface area (Å²) in [5.74, 6) is 0.765. The van der Waals surface area contributed by atoms with Crippen LogP contribution in [0, 0.1) is 18.3 Å². The molecule has 0 heterocycles. The molecule has 1 aromatic carbocycles. The predicted octanol–water partition coefficient (Wildman–Crippen LogP) is 4.37. The van der Waals surface area contributed by atoms with Crippen LogP contribution in [0.5, 0.6) is 0 Å². The lowest BCUT2D eigenvalue weighted by Gasteiger charge is -2.44. The van der Waals surface area contributed by atoms with Gasteiger partial charge in [-0.2, -0.15) is 0 Å². The monoisotopic (exact) mass is 275 g/mol. The van der Waals surface area contributed by atoms with Crippen molar-refractivity contribution in [2.75, 3.05) is 11.9 Å². The maximum Gasteiger partial charge on any atom is 0.0661 e. The number of rotatable bonds is 3. The minimum absolute atomic E-state index is 0.131.